The lowest BCUT2D eigenvalue weighted by Crippen LogP contribution is -2.30. The first kappa shape index (κ1) is 16.6. The number of aromatic nitrogens is 2. The minimum atomic E-state index is 0.706. The van der Waals surface area contributed by atoms with Gasteiger partial charge in [0, 0.05) is 36.8 Å². The molecule has 0 fully saturated rings. The normalized spacial score (nSPS) is 14.5. The van der Waals surface area contributed by atoms with E-state index in [2.05, 4.69) is 14.9 Å². The molecule has 1 aliphatic rings. The van der Waals surface area contributed by atoms with Crippen molar-refractivity contribution >= 4 is 23.4 Å². The highest BCUT2D eigenvalue weighted by Crippen LogP contribution is 2.30. The molecule has 0 amide bonds. The van der Waals surface area contributed by atoms with Gasteiger partial charge in [-0.05, 0) is 30.5 Å². The van der Waals surface area contributed by atoms with Crippen molar-refractivity contribution in [3.8, 4) is 11.3 Å². The topological polar surface area (TPSA) is 42.2 Å². The lowest BCUT2D eigenvalue weighted by Gasteiger charge is -2.27. The lowest BCUT2D eigenvalue weighted by atomic mass is 10.1. The average molecular weight is 372 g/mol. The zero-order valence-corrected chi connectivity index (χ0v) is 15.5. The Balaban J connectivity index is 1.47. The van der Waals surface area contributed by atoms with Crippen LogP contribution in [0.5, 0.6) is 0 Å². The fraction of sp³-hybridized carbons (Fsp3) is 0.263. The zero-order valence-electron chi connectivity index (χ0n) is 13.9. The van der Waals surface area contributed by atoms with Crippen LogP contribution in [0.2, 0.25) is 5.02 Å². The van der Waals surface area contributed by atoms with Crippen molar-refractivity contribution in [2.75, 3.05) is 12.8 Å². The average Bonchev–Trinajstić information content (AvgIpc) is 3.10. The molecule has 1 aromatic carbocycles. The summed E-state index contributed by atoms with van der Waals surface area (Å²) in [6.45, 7) is 2.60. The molecule has 2 aromatic heterocycles. The van der Waals surface area contributed by atoms with E-state index < -0.39 is 0 Å². The summed E-state index contributed by atoms with van der Waals surface area (Å²) >= 11 is 7.84. The number of hydrogen-bond donors (Lipinski definition) is 0. The van der Waals surface area contributed by atoms with Gasteiger partial charge in [0.1, 0.15) is 11.5 Å². The Bertz CT molecular complexity index is 896. The van der Waals surface area contributed by atoms with Crippen LogP contribution in [0.25, 0.3) is 11.3 Å². The van der Waals surface area contributed by atoms with Crippen LogP contribution in [-0.4, -0.2) is 27.7 Å². The van der Waals surface area contributed by atoms with E-state index in [9.17, 15) is 0 Å². The molecule has 0 aliphatic carbocycles. The second kappa shape index (κ2) is 7.20. The number of nitrogens with zero attached hydrogens (tertiary/aromatic N) is 3. The van der Waals surface area contributed by atoms with Crippen LogP contribution < -0.4 is 0 Å². The SMILES string of the molecule is CSc1ncc2c(n1)CCN(Cc1ccc(-c3ccccc3Cl)o1)C2. The quantitative estimate of drug-likeness (QED) is 0.492. The number of benzene rings is 1. The summed E-state index contributed by atoms with van der Waals surface area (Å²) in [4.78, 5) is 11.4. The van der Waals surface area contributed by atoms with Crippen molar-refractivity contribution in [2.45, 2.75) is 24.7 Å². The predicted molar refractivity (Wildman–Crippen MR) is 101 cm³/mol. The van der Waals surface area contributed by atoms with E-state index >= 15 is 0 Å². The third-order valence-corrected chi connectivity index (χ3v) is 5.25. The highest BCUT2D eigenvalue weighted by Gasteiger charge is 2.20. The number of hydrogen-bond acceptors (Lipinski definition) is 5. The standard InChI is InChI=1S/C19H18ClN3OS/c1-25-19-21-10-13-11-23(9-8-17(13)22-19)12-14-6-7-18(24-14)15-4-2-3-5-16(15)20/h2-7,10H,8-9,11-12H2,1H3. The molecule has 0 saturated heterocycles. The van der Waals surface area contributed by atoms with E-state index in [0.717, 1.165) is 48.3 Å². The fourth-order valence-corrected chi connectivity index (χ4v) is 3.67. The molecule has 4 nitrogen and oxygen atoms in total. The van der Waals surface area contributed by atoms with Crippen LogP contribution in [0.1, 0.15) is 17.0 Å². The summed E-state index contributed by atoms with van der Waals surface area (Å²) in [5.74, 6) is 1.76. The van der Waals surface area contributed by atoms with Gasteiger partial charge < -0.3 is 4.42 Å². The summed E-state index contributed by atoms with van der Waals surface area (Å²) in [5, 5.41) is 1.56. The molecule has 0 unspecified atom stereocenters. The van der Waals surface area contributed by atoms with Crippen molar-refractivity contribution in [3.63, 3.8) is 0 Å². The van der Waals surface area contributed by atoms with Gasteiger partial charge in [-0.25, -0.2) is 9.97 Å². The molecule has 6 heteroatoms. The van der Waals surface area contributed by atoms with E-state index in [1.807, 2.05) is 48.9 Å². The van der Waals surface area contributed by atoms with Crippen molar-refractivity contribution in [1.82, 2.24) is 14.9 Å². The third-order valence-electron chi connectivity index (χ3n) is 4.35. The van der Waals surface area contributed by atoms with Crippen LogP contribution in [0, 0.1) is 0 Å². The summed E-state index contributed by atoms with van der Waals surface area (Å²) in [6, 6.07) is 11.8. The van der Waals surface area contributed by atoms with Crippen molar-refractivity contribution in [1.29, 1.82) is 0 Å². The highest BCUT2D eigenvalue weighted by atomic mass is 35.5. The van der Waals surface area contributed by atoms with Gasteiger partial charge in [-0.1, -0.05) is 35.5 Å². The molecule has 0 radical (unpaired) electrons. The smallest absolute Gasteiger partial charge is 0.187 e. The van der Waals surface area contributed by atoms with Crippen LogP contribution in [0.15, 0.2) is 52.2 Å². The molecule has 0 spiro atoms. The van der Waals surface area contributed by atoms with Crippen molar-refractivity contribution in [2.24, 2.45) is 0 Å². The molecule has 0 atom stereocenters. The van der Waals surface area contributed by atoms with Gasteiger partial charge in [0.2, 0.25) is 0 Å². The van der Waals surface area contributed by atoms with Gasteiger partial charge in [-0.2, -0.15) is 0 Å². The summed E-state index contributed by atoms with van der Waals surface area (Å²) in [5.41, 5.74) is 3.31. The molecule has 3 aromatic rings. The largest absolute Gasteiger partial charge is 0.460 e. The van der Waals surface area contributed by atoms with Crippen LogP contribution in [0.4, 0.5) is 0 Å². The molecule has 25 heavy (non-hydrogen) atoms. The molecule has 0 bridgehead atoms. The molecule has 4 rings (SSSR count). The fourth-order valence-electron chi connectivity index (χ4n) is 3.08. The maximum atomic E-state index is 6.25. The Kier molecular flexibility index (Phi) is 4.79. The molecule has 3 heterocycles. The molecule has 0 saturated carbocycles. The van der Waals surface area contributed by atoms with Crippen molar-refractivity contribution < 1.29 is 4.42 Å². The minimum Gasteiger partial charge on any atom is -0.460 e. The third kappa shape index (κ3) is 3.59. The van der Waals surface area contributed by atoms with Gasteiger partial charge >= 0.3 is 0 Å². The van der Waals surface area contributed by atoms with Crippen molar-refractivity contribution in [3.05, 3.63) is 64.6 Å². The molecular weight excluding hydrogens is 354 g/mol. The molecular formula is C19H18ClN3OS. The number of rotatable bonds is 4. The van der Waals surface area contributed by atoms with Gasteiger partial charge in [0.15, 0.2) is 5.16 Å². The Morgan fingerprint density at radius 2 is 2.12 bits per heavy atom. The van der Waals surface area contributed by atoms with Crippen LogP contribution in [-0.2, 0) is 19.5 Å². The first-order chi connectivity index (χ1) is 12.2. The van der Waals surface area contributed by atoms with Crippen LogP contribution in [0.3, 0.4) is 0 Å². The first-order valence-corrected chi connectivity index (χ1v) is 9.78. The monoisotopic (exact) mass is 371 g/mol. The van der Waals surface area contributed by atoms with E-state index in [1.54, 1.807) is 11.8 Å². The minimum absolute atomic E-state index is 0.706. The number of furan rings is 1. The highest BCUT2D eigenvalue weighted by molar-refractivity contribution is 7.98. The lowest BCUT2D eigenvalue weighted by molar-refractivity contribution is 0.223. The molecule has 1 aliphatic heterocycles. The van der Waals surface area contributed by atoms with E-state index in [4.69, 9.17) is 16.0 Å². The zero-order chi connectivity index (χ0) is 17.2. The predicted octanol–water partition coefficient (Wildman–Crippen LogP) is 4.67. The maximum absolute atomic E-state index is 6.25. The van der Waals surface area contributed by atoms with E-state index in [-0.39, 0.29) is 0 Å². The Hall–Kier alpha value is -1.82. The maximum Gasteiger partial charge on any atom is 0.187 e. The summed E-state index contributed by atoms with van der Waals surface area (Å²) in [6.07, 6.45) is 4.91. The summed E-state index contributed by atoms with van der Waals surface area (Å²) in [7, 11) is 0. The molecule has 0 N–H and O–H groups in total. The van der Waals surface area contributed by atoms with Gasteiger partial charge in [0.25, 0.3) is 0 Å². The second-order valence-electron chi connectivity index (χ2n) is 6.04. The number of halogens is 1. The van der Waals surface area contributed by atoms with E-state index in [1.165, 1.54) is 11.3 Å². The number of thioether (sulfide) groups is 1. The van der Waals surface area contributed by atoms with Gasteiger partial charge in [-0.3, -0.25) is 4.90 Å². The van der Waals surface area contributed by atoms with Gasteiger partial charge in [0.05, 0.1) is 17.3 Å². The molecule has 128 valence electrons. The Labute approximate surface area is 156 Å². The Morgan fingerprint density at radius 1 is 1.24 bits per heavy atom. The second-order valence-corrected chi connectivity index (χ2v) is 7.22. The van der Waals surface area contributed by atoms with E-state index in [0.29, 0.717) is 5.02 Å². The number of fused-ring (bicyclic) bond motifs is 1. The summed E-state index contributed by atoms with van der Waals surface area (Å²) < 4.78 is 6.02. The Morgan fingerprint density at radius 3 is 2.96 bits per heavy atom. The van der Waals surface area contributed by atoms with Crippen LogP contribution >= 0.6 is 23.4 Å². The van der Waals surface area contributed by atoms with Gasteiger partial charge in [-0.15, -0.1) is 0 Å². The first-order valence-electron chi connectivity index (χ1n) is 8.17.